The number of thiophene rings is 1. The quantitative estimate of drug-likeness (QED) is 0.576. The second-order valence-electron chi connectivity index (χ2n) is 5.00. The Morgan fingerprint density at radius 3 is 3.04 bits per heavy atom. The van der Waals surface area contributed by atoms with Crippen molar-refractivity contribution < 1.29 is 9.29 Å². The zero-order valence-electron chi connectivity index (χ0n) is 12.3. The lowest BCUT2D eigenvalue weighted by molar-refractivity contribution is 0.413. The van der Waals surface area contributed by atoms with Gasteiger partial charge in [0.1, 0.15) is 10.6 Å². The Morgan fingerprint density at radius 1 is 1.30 bits per heavy atom. The Kier molecular flexibility index (Phi) is 3.68. The number of aromatic amines is 1. The number of methoxy groups -OCH3 is 1. The SMILES string of the molecule is COc1ccnc(C[S+]([O-])c2nc3sc4ccccc4c3[nH]2)c1. The molecule has 5 nitrogen and oxygen atoms in total. The number of hydrogen-bond donors (Lipinski definition) is 1. The lowest BCUT2D eigenvalue weighted by Crippen LogP contribution is -2.08. The molecule has 3 heterocycles. The number of rotatable bonds is 4. The third kappa shape index (κ3) is 2.67. The molecule has 116 valence electrons. The summed E-state index contributed by atoms with van der Waals surface area (Å²) in [6.07, 6.45) is 1.65. The average Bonchev–Trinajstić information content (AvgIpc) is 3.13. The molecule has 3 aromatic heterocycles. The van der Waals surface area contributed by atoms with Crippen molar-refractivity contribution >= 4 is 42.9 Å². The van der Waals surface area contributed by atoms with Crippen LogP contribution in [0.25, 0.3) is 20.4 Å². The maximum atomic E-state index is 12.6. The van der Waals surface area contributed by atoms with E-state index in [0.29, 0.717) is 22.4 Å². The second kappa shape index (κ2) is 5.84. The van der Waals surface area contributed by atoms with Crippen LogP contribution in [-0.2, 0) is 16.9 Å². The van der Waals surface area contributed by atoms with Gasteiger partial charge in [-0.05, 0) is 12.1 Å². The number of H-pyrrole nitrogens is 1. The van der Waals surface area contributed by atoms with E-state index in [1.165, 1.54) is 4.70 Å². The Bertz CT molecular complexity index is 980. The van der Waals surface area contributed by atoms with Crippen molar-refractivity contribution in [2.24, 2.45) is 0 Å². The zero-order chi connectivity index (χ0) is 15.8. The summed E-state index contributed by atoms with van der Waals surface area (Å²) < 4.78 is 18.9. The monoisotopic (exact) mass is 343 g/mol. The molecule has 1 aromatic carbocycles. The number of nitrogens with zero attached hydrogens (tertiary/aromatic N) is 2. The van der Waals surface area contributed by atoms with Crippen LogP contribution in [0.4, 0.5) is 0 Å². The van der Waals surface area contributed by atoms with Gasteiger partial charge in [0, 0.05) is 33.5 Å². The molecular formula is C16H13N3O2S2. The second-order valence-corrected chi connectivity index (χ2v) is 7.39. The third-order valence-electron chi connectivity index (χ3n) is 3.53. The molecule has 1 N–H and O–H groups in total. The van der Waals surface area contributed by atoms with Crippen molar-refractivity contribution in [2.75, 3.05) is 7.11 Å². The molecule has 0 saturated carbocycles. The van der Waals surface area contributed by atoms with E-state index >= 15 is 0 Å². The molecule has 4 rings (SSSR count). The van der Waals surface area contributed by atoms with Crippen LogP contribution in [0.5, 0.6) is 5.75 Å². The highest BCUT2D eigenvalue weighted by molar-refractivity contribution is 7.90. The smallest absolute Gasteiger partial charge is 0.322 e. The van der Waals surface area contributed by atoms with Gasteiger partial charge in [0.2, 0.25) is 0 Å². The standard InChI is InChI=1S/C16H13N3O2S2/c1-21-11-6-7-17-10(8-11)9-23(20)16-18-14-12-4-2-3-5-13(12)22-15(14)19-16/h2-8H,9H2,1H3,(H,18,19). The summed E-state index contributed by atoms with van der Waals surface area (Å²) in [5, 5.41) is 1.60. The molecule has 0 bridgehead atoms. The average molecular weight is 343 g/mol. The number of hydrogen-bond acceptors (Lipinski definition) is 5. The summed E-state index contributed by atoms with van der Waals surface area (Å²) in [4.78, 5) is 12.8. The number of aromatic nitrogens is 3. The van der Waals surface area contributed by atoms with Gasteiger partial charge in [-0.15, -0.1) is 11.3 Å². The van der Waals surface area contributed by atoms with E-state index in [0.717, 1.165) is 15.7 Å². The minimum Gasteiger partial charge on any atom is -0.609 e. The molecule has 0 amide bonds. The molecule has 23 heavy (non-hydrogen) atoms. The number of nitrogens with one attached hydrogen (secondary N) is 1. The highest BCUT2D eigenvalue weighted by Crippen LogP contribution is 2.33. The Balaban J connectivity index is 1.65. The summed E-state index contributed by atoms with van der Waals surface area (Å²) in [7, 11) is 1.60. The summed E-state index contributed by atoms with van der Waals surface area (Å²) in [6, 6.07) is 11.7. The van der Waals surface area contributed by atoms with E-state index in [-0.39, 0.29) is 0 Å². The molecule has 0 aliphatic rings. The summed E-state index contributed by atoms with van der Waals surface area (Å²) in [5.74, 6) is 1.01. The van der Waals surface area contributed by atoms with Crippen molar-refractivity contribution in [3.63, 3.8) is 0 Å². The van der Waals surface area contributed by atoms with Crippen LogP contribution in [0, 0.1) is 0 Å². The fourth-order valence-electron chi connectivity index (χ4n) is 2.43. The zero-order valence-corrected chi connectivity index (χ0v) is 13.9. The van der Waals surface area contributed by atoms with Crippen LogP contribution in [0.1, 0.15) is 5.69 Å². The molecular weight excluding hydrogens is 330 g/mol. The van der Waals surface area contributed by atoms with Crippen LogP contribution in [0.3, 0.4) is 0 Å². The van der Waals surface area contributed by atoms with E-state index < -0.39 is 11.2 Å². The maximum Gasteiger partial charge on any atom is 0.322 e. The van der Waals surface area contributed by atoms with Gasteiger partial charge >= 0.3 is 5.16 Å². The van der Waals surface area contributed by atoms with Crippen LogP contribution in [-0.4, -0.2) is 26.6 Å². The first-order valence-electron chi connectivity index (χ1n) is 6.99. The van der Waals surface area contributed by atoms with Gasteiger partial charge in [-0.1, -0.05) is 18.2 Å². The summed E-state index contributed by atoms with van der Waals surface area (Å²) >= 11 is 0.323. The molecule has 0 aliphatic heterocycles. The van der Waals surface area contributed by atoms with E-state index in [9.17, 15) is 4.55 Å². The fourth-order valence-corrected chi connectivity index (χ4v) is 4.50. The largest absolute Gasteiger partial charge is 0.609 e. The molecule has 0 aliphatic carbocycles. The Labute approximate surface area is 139 Å². The third-order valence-corrected chi connectivity index (χ3v) is 5.78. The maximum absolute atomic E-state index is 12.6. The lowest BCUT2D eigenvalue weighted by atomic mass is 10.2. The predicted molar refractivity (Wildman–Crippen MR) is 92.4 cm³/mol. The topological polar surface area (TPSA) is 73.9 Å². The molecule has 0 saturated heterocycles. The molecule has 4 aromatic rings. The first-order valence-corrected chi connectivity index (χ1v) is 9.12. The number of fused-ring (bicyclic) bond motifs is 3. The lowest BCUT2D eigenvalue weighted by Gasteiger charge is -2.07. The van der Waals surface area contributed by atoms with Crippen molar-refractivity contribution in [3.05, 3.63) is 48.3 Å². The summed E-state index contributed by atoms with van der Waals surface area (Å²) in [5.41, 5.74) is 1.67. The Hall–Kier alpha value is -2.09. The van der Waals surface area contributed by atoms with Crippen molar-refractivity contribution in [2.45, 2.75) is 10.9 Å². The number of imidazole rings is 1. The van der Waals surface area contributed by atoms with Gasteiger partial charge < -0.3 is 9.29 Å². The highest BCUT2D eigenvalue weighted by Gasteiger charge is 2.20. The number of benzene rings is 1. The van der Waals surface area contributed by atoms with Crippen LogP contribution in [0.15, 0.2) is 47.8 Å². The normalized spacial score (nSPS) is 12.8. The van der Waals surface area contributed by atoms with E-state index in [2.05, 4.69) is 21.0 Å². The van der Waals surface area contributed by atoms with Crippen molar-refractivity contribution in [1.29, 1.82) is 0 Å². The summed E-state index contributed by atoms with van der Waals surface area (Å²) in [6.45, 7) is 0. The van der Waals surface area contributed by atoms with Gasteiger partial charge in [0.15, 0.2) is 5.75 Å². The van der Waals surface area contributed by atoms with Gasteiger partial charge in [0.05, 0.1) is 18.3 Å². The molecule has 1 atom stereocenters. The first-order chi connectivity index (χ1) is 11.2. The van der Waals surface area contributed by atoms with E-state index in [1.807, 2.05) is 18.2 Å². The van der Waals surface area contributed by atoms with E-state index in [4.69, 9.17) is 4.74 Å². The fraction of sp³-hybridized carbons (Fsp3) is 0.125. The molecule has 7 heteroatoms. The van der Waals surface area contributed by atoms with E-state index in [1.54, 1.807) is 36.8 Å². The van der Waals surface area contributed by atoms with Gasteiger partial charge in [-0.2, -0.15) is 4.98 Å². The predicted octanol–water partition coefficient (Wildman–Crippen LogP) is 3.49. The molecule has 0 fully saturated rings. The van der Waals surface area contributed by atoms with Crippen LogP contribution in [0.2, 0.25) is 0 Å². The molecule has 0 radical (unpaired) electrons. The number of ether oxygens (including phenoxy) is 1. The Morgan fingerprint density at radius 2 is 2.17 bits per heavy atom. The van der Waals surface area contributed by atoms with Gasteiger partial charge in [0.25, 0.3) is 0 Å². The molecule has 1 unspecified atom stereocenters. The van der Waals surface area contributed by atoms with Gasteiger partial charge in [-0.25, -0.2) is 0 Å². The van der Waals surface area contributed by atoms with Crippen LogP contribution >= 0.6 is 11.3 Å². The highest BCUT2D eigenvalue weighted by atomic mass is 32.2. The first kappa shape index (κ1) is 14.5. The minimum atomic E-state index is -1.28. The van der Waals surface area contributed by atoms with Crippen molar-refractivity contribution in [3.8, 4) is 5.75 Å². The number of pyridine rings is 1. The van der Waals surface area contributed by atoms with Crippen LogP contribution < -0.4 is 4.74 Å². The van der Waals surface area contributed by atoms with Crippen molar-refractivity contribution in [1.82, 2.24) is 15.0 Å². The molecule has 0 spiro atoms. The van der Waals surface area contributed by atoms with Gasteiger partial charge in [-0.3, -0.25) is 9.97 Å². The minimum absolute atomic E-state index is 0.301.